The molecule has 1 fully saturated rings. The van der Waals surface area contributed by atoms with E-state index in [1.807, 2.05) is 6.92 Å². The SMILES string of the molecule is CC(CC(=O)NS(=O)(=O)c1ccccc1)C1CCCNC1. The van der Waals surface area contributed by atoms with Crippen molar-refractivity contribution in [3.8, 4) is 0 Å². The Bertz CT molecular complexity index is 566. The number of sulfonamides is 1. The first-order valence-electron chi connectivity index (χ1n) is 7.30. The van der Waals surface area contributed by atoms with Gasteiger partial charge in [0.05, 0.1) is 4.90 Å². The summed E-state index contributed by atoms with van der Waals surface area (Å²) in [5, 5.41) is 3.31. The minimum Gasteiger partial charge on any atom is -0.316 e. The molecule has 116 valence electrons. The van der Waals surface area contributed by atoms with E-state index in [0.717, 1.165) is 25.9 Å². The van der Waals surface area contributed by atoms with Crippen LogP contribution in [0.4, 0.5) is 0 Å². The zero-order valence-electron chi connectivity index (χ0n) is 12.2. The molecule has 1 saturated heterocycles. The van der Waals surface area contributed by atoms with Crippen LogP contribution < -0.4 is 10.0 Å². The van der Waals surface area contributed by atoms with Gasteiger partial charge >= 0.3 is 0 Å². The Hall–Kier alpha value is -1.40. The molecule has 2 N–H and O–H groups in total. The Morgan fingerprint density at radius 1 is 1.38 bits per heavy atom. The molecule has 2 unspecified atom stereocenters. The fraction of sp³-hybridized carbons (Fsp3) is 0.533. The second-order valence-electron chi connectivity index (χ2n) is 5.63. The van der Waals surface area contributed by atoms with Gasteiger partial charge in [0.2, 0.25) is 5.91 Å². The predicted octanol–water partition coefficient (Wildman–Crippen LogP) is 1.52. The van der Waals surface area contributed by atoms with E-state index >= 15 is 0 Å². The summed E-state index contributed by atoms with van der Waals surface area (Å²) in [6.45, 7) is 3.93. The maximum Gasteiger partial charge on any atom is 0.264 e. The highest BCUT2D eigenvalue weighted by atomic mass is 32.2. The van der Waals surface area contributed by atoms with Gasteiger partial charge in [-0.05, 0) is 49.9 Å². The number of hydrogen-bond acceptors (Lipinski definition) is 4. The van der Waals surface area contributed by atoms with Crippen LogP contribution in [0.15, 0.2) is 35.2 Å². The topological polar surface area (TPSA) is 75.3 Å². The summed E-state index contributed by atoms with van der Waals surface area (Å²) in [6.07, 6.45) is 2.43. The first-order chi connectivity index (χ1) is 9.99. The lowest BCUT2D eigenvalue weighted by Gasteiger charge is -2.27. The van der Waals surface area contributed by atoms with Gasteiger partial charge in [0, 0.05) is 6.42 Å². The molecule has 0 aromatic heterocycles. The quantitative estimate of drug-likeness (QED) is 0.864. The van der Waals surface area contributed by atoms with Crippen molar-refractivity contribution < 1.29 is 13.2 Å². The van der Waals surface area contributed by atoms with Crippen molar-refractivity contribution in [2.45, 2.75) is 31.1 Å². The summed E-state index contributed by atoms with van der Waals surface area (Å²) in [6, 6.07) is 7.96. The van der Waals surface area contributed by atoms with Crippen LogP contribution in [0, 0.1) is 11.8 Å². The molecule has 1 amide bonds. The van der Waals surface area contributed by atoms with Crippen LogP contribution in [0.2, 0.25) is 0 Å². The molecular weight excluding hydrogens is 288 g/mol. The third-order valence-electron chi connectivity index (χ3n) is 3.95. The second kappa shape index (κ2) is 7.04. The Kier molecular flexibility index (Phi) is 5.36. The normalized spacial score (nSPS) is 20.7. The van der Waals surface area contributed by atoms with Gasteiger partial charge in [-0.3, -0.25) is 4.79 Å². The molecule has 21 heavy (non-hydrogen) atoms. The van der Waals surface area contributed by atoms with E-state index in [1.54, 1.807) is 18.2 Å². The summed E-state index contributed by atoms with van der Waals surface area (Å²) in [4.78, 5) is 12.1. The molecule has 6 heteroatoms. The van der Waals surface area contributed by atoms with Gasteiger partial charge in [0.15, 0.2) is 0 Å². The largest absolute Gasteiger partial charge is 0.316 e. The maximum absolute atomic E-state index is 12.1. The lowest BCUT2D eigenvalue weighted by Crippen LogP contribution is -2.37. The van der Waals surface area contributed by atoms with Crippen molar-refractivity contribution >= 4 is 15.9 Å². The Morgan fingerprint density at radius 2 is 2.10 bits per heavy atom. The summed E-state index contributed by atoms with van der Waals surface area (Å²) in [7, 11) is -3.75. The lowest BCUT2D eigenvalue weighted by molar-refractivity contribution is -0.120. The molecule has 5 nitrogen and oxygen atoms in total. The van der Waals surface area contributed by atoms with Crippen LogP contribution in [0.5, 0.6) is 0 Å². The smallest absolute Gasteiger partial charge is 0.264 e. The fourth-order valence-electron chi connectivity index (χ4n) is 2.67. The van der Waals surface area contributed by atoms with E-state index in [-0.39, 0.29) is 17.2 Å². The minimum atomic E-state index is -3.75. The van der Waals surface area contributed by atoms with Crippen LogP contribution in [0.1, 0.15) is 26.2 Å². The van der Waals surface area contributed by atoms with Crippen molar-refractivity contribution in [3.05, 3.63) is 30.3 Å². The Morgan fingerprint density at radius 3 is 2.71 bits per heavy atom. The third-order valence-corrected chi connectivity index (χ3v) is 5.34. The molecule has 0 bridgehead atoms. The van der Waals surface area contributed by atoms with Gasteiger partial charge in [0.1, 0.15) is 0 Å². The molecule has 2 rings (SSSR count). The molecule has 1 aromatic carbocycles. The van der Waals surface area contributed by atoms with Crippen LogP contribution in [0.3, 0.4) is 0 Å². The Labute approximate surface area is 126 Å². The summed E-state index contributed by atoms with van der Waals surface area (Å²) >= 11 is 0. The number of benzene rings is 1. The zero-order valence-corrected chi connectivity index (χ0v) is 13.0. The van der Waals surface area contributed by atoms with E-state index in [4.69, 9.17) is 0 Å². The highest BCUT2D eigenvalue weighted by molar-refractivity contribution is 7.90. The van der Waals surface area contributed by atoms with Gasteiger partial charge in [-0.2, -0.15) is 0 Å². The van der Waals surface area contributed by atoms with Crippen LogP contribution >= 0.6 is 0 Å². The van der Waals surface area contributed by atoms with Crippen molar-refractivity contribution in [2.24, 2.45) is 11.8 Å². The number of nitrogens with one attached hydrogen (secondary N) is 2. The number of carbonyl (C=O) groups is 1. The second-order valence-corrected chi connectivity index (χ2v) is 7.31. The summed E-state index contributed by atoms with van der Waals surface area (Å²) < 4.78 is 26.3. The average molecular weight is 310 g/mol. The first-order valence-corrected chi connectivity index (χ1v) is 8.79. The first kappa shape index (κ1) is 16.0. The summed E-state index contributed by atoms with van der Waals surface area (Å²) in [5.74, 6) is 0.171. The van der Waals surface area contributed by atoms with Gasteiger partial charge in [-0.15, -0.1) is 0 Å². The van der Waals surface area contributed by atoms with E-state index in [2.05, 4.69) is 10.0 Å². The number of amides is 1. The molecule has 2 atom stereocenters. The third kappa shape index (κ3) is 4.54. The number of piperidine rings is 1. The molecule has 0 radical (unpaired) electrons. The number of rotatable bonds is 5. The monoisotopic (exact) mass is 310 g/mol. The molecule has 1 aliphatic rings. The molecule has 0 spiro atoms. The van der Waals surface area contributed by atoms with E-state index in [0.29, 0.717) is 5.92 Å². The minimum absolute atomic E-state index is 0.116. The highest BCUT2D eigenvalue weighted by Gasteiger charge is 2.24. The molecule has 0 aliphatic carbocycles. The standard InChI is InChI=1S/C15H22N2O3S/c1-12(13-6-5-9-16-11-13)10-15(18)17-21(19,20)14-7-3-2-4-8-14/h2-4,7-8,12-13,16H,5-6,9-11H2,1H3,(H,17,18). The zero-order chi connectivity index (χ0) is 15.3. The van der Waals surface area contributed by atoms with E-state index in [9.17, 15) is 13.2 Å². The Balaban J connectivity index is 1.92. The highest BCUT2D eigenvalue weighted by Crippen LogP contribution is 2.22. The molecule has 1 aromatic rings. The van der Waals surface area contributed by atoms with Crippen LogP contribution in [-0.4, -0.2) is 27.4 Å². The van der Waals surface area contributed by atoms with Crippen LogP contribution in [0.25, 0.3) is 0 Å². The van der Waals surface area contributed by atoms with E-state index < -0.39 is 15.9 Å². The predicted molar refractivity (Wildman–Crippen MR) is 81.1 cm³/mol. The van der Waals surface area contributed by atoms with Crippen molar-refractivity contribution in [2.75, 3.05) is 13.1 Å². The van der Waals surface area contributed by atoms with E-state index in [1.165, 1.54) is 12.1 Å². The van der Waals surface area contributed by atoms with Gasteiger partial charge in [0.25, 0.3) is 10.0 Å². The van der Waals surface area contributed by atoms with Crippen molar-refractivity contribution in [1.82, 2.24) is 10.0 Å². The molecule has 0 saturated carbocycles. The number of hydrogen-bond donors (Lipinski definition) is 2. The average Bonchev–Trinajstić information content (AvgIpc) is 2.48. The molecular formula is C15H22N2O3S. The number of carbonyl (C=O) groups excluding carboxylic acids is 1. The van der Waals surface area contributed by atoms with Gasteiger partial charge in [-0.1, -0.05) is 25.1 Å². The lowest BCUT2D eigenvalue weighted by atomic mass is 9.85. The van der Waals surface area contributed by atoms with Crippen molar-refractivity contribution in [1.29, 1.82) is 0 Å². The molecule has 1 aliphatic heterocycles. The fourth-order valence-corrected chi connectivity index (χ4v) is 3.69. The van der Waals surface area contributed by atoms with Crippen LogP contribution in [-0.2, 0) is 14.8 Å². The van der Waals surface area contributed by atoms with Gasteiger partial charge < -0.3 is 5.32 Å². The van der Waals surface area contributed by atoms with Crippen molar-refractivity contribution in [3.63, 3.8) is 0 Å². The maximum atomic E-state index is 12.1. The van der Waals surface area contributed by atoms with Gasteiger partial charge in [-0.25, -0.2) is 13.1 Å². The summed E-state index contributed by atoms with van der Waals surface area (Å²) in [5.41, 5.74) is 0. The molecule has 1 heterocycles.